The Balaban J connectivity index is 1.79. The molecule has 0 N–H and O–H groups in total. The van der Waals surface area contributed by atoms with E-state index < -0.39 is 0 Å². The van der Waals surface area contributed by atoms with Gasteiger partial charge in [-0.3, -0.25) is 4.79 Å². The lowest BCUT2D eigenvalue weighted by Crippen LogP contribution is -2.14. The summed E-state index contributed by atoms with van der Waals surface area (Å²) in [6, 6.07) is 0. The van der Waals surface area contributed by atoms with Crippen LogP contribution in [0.5, 0.6) is 0 Å². The van der Waals surface area contributed by atoms with Crippen molar-refractivity contribution in [2.75, 3.05) is 6.61 Å². The molecule has 12 heavy (non-hydrogen) atoms. The molecule has 0 spiro atoms. The summed E-state index contributed by atoms with van der Waals surface area (Å²) in [7, 11) is 0. The molecule has 2 atom stereocenters. The first-order valence-electron chi connectivity index (χ1n) is 4.90. The number of ether oxygens (including phenoxy) is 1. The van der Waals surface area contributed by atoms with Crippen LogP contribution >= 0.6 is 0 Å². The highest BCUT2D eigenvalue weighted by Gasteiger charge is 2.32. The second kappa shape index (κ2) is 3.17. The number of carbonyl (C=O) groups is 1. The van der Waals surface area contributed by atoms with E-state index >= 15 is 0 Å². The van der Waals surface area contributed by atoms with Crippen molar-refractivity contribution in [1.82, 2.24) is 0 Å². The zero-order chi connectivity index (χ0) is 8.55. The van der Waals surface area contributed by atoms with Crippen LogP contribution in [0.1, 0.15) is 32.6 Å². The van der Waals surface area contributed by atoms with E-state index in [9.17, 15) is 4.79 Å². The van der Waals surface area contributed by atoms with Gasteiger partial charge in [0.05, 0.1) is 12.7 Å². The quantitative estimate of drug-likeness (QED) is 0.642. The minimum atomic E-state index is 0.223. The Hall–Kier alpha value is -0.370. The Bertz CT molecular complexity index is 184. The average Bonchev–Trinajstić information content (AvgIpc) is 2.72. The molecule has 1 aliphatic carbocycles. The third-order valence-corrected chi connectivity index (χ3v) is 2.84. The minimum Gasteiger partial charge on any atom is -0.378 e. The molecule has 2 aliphatic rings. The molecule has 1 heterocycles. The summed E-state index contributed by atoms with van der Waals surface area (Å²) in [6.07, 6.45) is 4.62. The van der Waals surface area contributed by atoms with Crippen LogP contribution in [0.4, 0.5) is 0 Å². The van der Waals surface area contributed by atoms with Crippen LogP contribution in [0, 0.1) is 11.8 Å². The minimum absolute atomic E-state index is 0.223. The van der Waals surface area contributed by atoms with Crippen LogP contribution in [-0.2, 0) is 9.53 Å². The summed E-state index contributed by atoms with van der Waals surface area (Å²) in [5.41, 5.74) is 0. The molecule has 1 saturated carbocycles. The second-order valence-electron chi connectivity index (χ2n) is 4.19. The highest BCUT2D eigenvalue weighted by atomic mass is 16.5. The predicted octanol–water partition coefficient (Wildman–Crippen LogP) is 1.78. The van der Waals surface area contributed by atoms with E-state index in [-0.39, 0.29) is 5.92 Å². The topological polar surface area (TPSA) is 26.3 Å². The third kappa shape index (κ3) is 1.86. The molecule has 2 nitrogen and oxygen atoms in total. The maximum Gasteiger partial charge on any atom is 0.138 e. The summed E-state index contributed by atoms with van der Waals surface area (Å²) in [4.78, 5) is 11.6. The van der Waals surface area contributed by atoms with Gasteiger partial charge in [0.1, 0.15) is 5.78 Å². The van der Waals surface area contributed by atoms with Crippen molar-refractivity contribution in [1.29, 1.82) is 0 Å². The molecule has 68 valence electrons. The van der Waals surface area contributed by atoms with Crippen molar-refractivity contribution in [2.24, 2.45) is 11.8 Å². The van der Waals surface area contributed by atoms with Crippen molar-refractivity contribution in [2.45, 2.75) is 38.7 Å². The second-order valence-corrected chi connectivity index (χ2v) is 4.19. The molecule has 2 unspecified atom stereocenters. The number of ketones is 1. The third-order valence-electron chi connectivity index (χ3n) is 2.84. The van der Waals surface area contributed by atoms with E-state index in [2.05, 4.69) is 0 Å². The zero-order valence-electron chi connectivity index (χ0n) is 7.58. The molecule has 1 aliphatic heterocycles. The number of hydrogen-bond acceptors (Lipinski definition) is 2. The average molecular weight is 168 g/mol. The first-order valence-corrected chi connectivity index (χ1v) is 4.90. The molecule has 0 radical (unpaired) electrons. The van der Waals surface area contributed by atoms with Gasteiger partial charge in [0.15, 0.2) is 0 Å². The van der Waals surface area contributed by atoms with E-state index in [1.807, 2.05) is 6.92 Å². The van der Waals surface area contributed by atoms with Gasteiger partial charge in [0.2, 0.25) is 0 Å². The van der Waals surface area contributed by atoms with Crippen molar-refractivity contribution in [3.63, 3.8) is 0 Å². The van der Waals surface area contributed by atoms with Gasteiger partial charge in [-0.15, -0.1) is 0 Å². The number of Topliss-reactive ketones (excluding diaryl/α,β-unsaturated/α-hetero) is 1. The molecule has 2 fully saturated rings. The molecule has 1 saturated heterocycles. The highest BCUT2D eigenvalue weighted by molar-refractivity contribution is 5.81. The maximum absolute atomic E-state index is 11.6. The fourth-order valence-corrected chi connectivity index (χ4v) is 1.81. The fourth-order valence-electron chi connectivity index (χ4n) is 1.81. The van der Waals surface area contributed by atoms with E-state index in [0.29, 0.717) is 18.5 Å². The fraction of sp³-hybridized carbons (Fsp3) is 0.900. The summed E-state index contributed by atoms with van der Waals surface area (Å²) in [5.74, 6) is 1.40. The van der Waals surface area contributed by atoms with E-state index in [1.165, 1.54) is 12.8 Å². The largest absolute Gasteiger partial charge is 0.378 e. The van der Waals surface area contributed by atoms with Gasteiger partial charge in [-0.1, -0.05) is 0 Å². The van der Waals surface area contributed by atoms with Gasteiger partial charge in [-0.25, -0.2) is 0 Å². The Kier molecular flexibility index (Phi) is 2.18. The number of rotatable bonds is 3. The van der Waals surface area contributed by atoms with Crippen LogP contribution in [0.15, 0.2) is 0 Å². The summed E-state index contributed by atoms with van der Waals surface area (Å²) < 4.78 is 5.37. The van der Waals surface area contributed by atoms with Crippen molar-refractivity contribution >= 4 is 5.78 Å². The molecular weight excluding hydrogens is 152 g/mol. The van der Waals surface area contributed by atoms with Gasteiger partial charge in [0.25, 0.3) is 0 Å². The van der Waals surface area contributed by atoms with E-state index in [1.54, 1.807) is 0 Å². The molecule has 0 bridgehead atoms. The van der Waals surface area contributed by atoms with Crippen LogP contribution in [-0.4, -0.2) is 18.5 Å². The molecule has 0 aromatic rings. The molecule has 2 rings (SSSR count). The van der Waals surface area contributed by atoms with E-state index in [0.717, 1.165) is 18.8 Å². The lowest BCUT2D eigenvalue weighted by molar-refractivity contribution is -0.123. The van der Waals surface area contributed by atoms with Gasteiger partial charge in [0, 0.05) is 12.3 Å². The maximum atomic E-state index is 11.6. The van der Waals surface area contributed by atoms with Crippen molar-refractivity contribution in [3.05, 3.63) is 0 Å². The molecule has 0 aromatic carbocycles. The Morgan fingerprint density at radius 3 is 2.75 bits per heavy atom. The Morgan fingerprint density at radius 1 is 1.50 bits per heavy atom. The van der Waals surface area contributed by atoms with Gasteiger partial charge >= 0.3 is 0 Å². The number of carbonyl (C=O) groups excluding carboxylic acids is 1. The Labute approximate surface area is 73.3 Å². The van der Waals surface area contributed by atoms with Crippen molar-refractivity contribution < 1.29 is 9.53 Å². The SMILES string of the molecule is CC1CC(C(=O)CC2CC2)CO1. The standard InChI is InChI=1S/C10H16O2/c1-7-4-9(6-12-7)10(11)5-8-2-3-8/h7-9H,2-6H2,1H3. The van der Waals surface area contributed by atoms with Gasteiger partial charge in [-0.2, -0.15) is 0 Å². The summed E-state index contributed by atoms with van der Waals surface area (Å²) >= 11 is 0. The smallest absolute Gasteiger partial charge is 0.138 e. The molecule has 0 aromatic heterocycles. The van der Waals surface area contributed by atoms with Crippen LogP contribution in [0.3, 0.4) is 0 Å². The number of hydrogen-bond donors (Lipinski definition) is 0. The van der Waals surface area contributed by atoms with E-state index in [4.69, 9.17) is 4.74 Å². The molecule has 0 amide bonds. The van der Waals surface area contributed by atoms with Crippen LogP contribution in [0.25, 0.3) is 0 Å². The van der Waals surface area contributed by atoms with Crippen LogP contribution < -0.4 is 0 Å². The zero-order valence-corrected chi connectivity index (χ0v) is 7.58. The van der Waals surface area contributed by atoms with Crippen molar-refractivity contribution in [3.8, 4) is 0 Å². The van der Waals surface area contributed by atoms with Crippen LogP contribution in [0.2, 0.25) is 0 Å². The normalized spacial score (nSPS) is 35.4. The molecule has 2 heteroatoms. The first-order chi connectivity index (χ1) is 5.75. The van der Waals surface area contributed by atoms with Gasteiger partial charge < -0.3 is 4.74 Å². The lowest BCUT2D eigenvalue weighted by atomic mass is 9.97. The summed E-state index contributed by atoms with van der Waals surface area (Å²) in [6.45, 7) is 2.72. The van der Waals surface area contributed by atoms with Gasteiger partial charge in [-0.05, 0) is 32.1 Å². The summed E-state index contributed by atoms with van der Waals surface area (Å²) in [5, 5.41) is 0. The lowest BCUT2D eigenvalue weighted by Gasteiger charge is -2.04. The molecular formula is C10H16O2. The Morgan fingerprint density at radius 2 is 2.25 bits per heavy atom. The predicted molar refractivity (Wildman–Crippen MR) is 45.9 cm³/mol. The first kappa shape index (κ1) is 8.24. The monoisotopic (exact) mass is 168 g/mol. The highest BCUT2D eigenvalue weighted by Crippen LogP contribution is 2.34.